The van der Waals surface area contributed by atoms with Crippen molar-refractivity contribution in [3.8, 4) is 5.75 Å². The summed E-state index contributed by atoms with van der Waals surface area (Å²) >= 11 is 3.34. The zero-order valence-electron chi connectivity index (χ0n) is 12.9. The van der Waals surface area contributed by atoms with Crippen molar-refractivity contribution in [1.82, 2.24) is 4.90 Å². The molecule has 0 saturated heterocycles. The number of hydrogen-bond acceptors (Lipinski definition) is 4. The summed E-state index contributed by atoms with van der Waals surface area (Å²) in [4.78, 5) is 25.0. The SMILES string of the molecule is COc1ccc(Br)c(C(=O)N(C)Cc2cc(C(=O)O)c(C)o2)c1. The van der Waals surface area contributed by atoms with E-state index in [9.17, 15) is 9.59 Å². The Labute approximate surface area is 141 Å². The number of amides is 1. The van der Waals surface area contributed by atoms with E-state index < -0.39 is 5.97 Å². The van der Waals surface area contributed by atoms with Crippen molar-refractivity contribution < 1.29 is 23.8 Å². The summed E-state index contributed by atoms with van der Waals surface area (Å²) in [7, 11) is 3.15. The fraction of sp³-hybridized carbons (Fsp3) is 0.250. The van der Waals surface area contributed by atoms with Gasteiger partial charge in [-0.15, -0.1) is 0 Å². The molecule has 0 aliphatic carbocycles. The lowest BCUT2D eigenvalue weighted by molar-refractivity contribution is 0.0694. The normalized spacial score (nSPS) is 10.4. The Kier molecular flexibility index (Phi) is 5.10. The maximum absolute atomic E-state index is 12.5. The molecule has 1 aromatic carbocycles. The first kappa shape index (κ1) is 17.1. The lowest BCUT2D eigenvalue weighted by Gasteiger charge is -2.17. The minimum Gasteiger partial charge on any atom is -0.497 e. The summed E-state index contributed by atoms with van der Waals surface area (Å²) in [5.41, 5.74) is 0.553. The number of ether oxygens (including phenoxy) is 1. The number of furan rings is 1. The molecule has 23 heavy (non-hydrogen) atoms. The van der Waals surface area contributed by atoms with Crippen LogP contribution in [0.15, 0.2) is 33.2 Å². The molecule has 6 nitrogen and oxygen atoms in total. The number of aryl methyl sites for hydroxylation is 1. The van der Waals surface area contributed by atoms with Crippen molar-refractivity contribution in [2.24, 2.45) is 0 Å². The molecule has 0 spiro atoms. The highest BCUT2D eigenvalue weighted by molar-refractivity contribution is 9.10. The largest absolute Gasteiger partial charge is 0.497 e. The summed E-state index contributed by atoms with van der Waals surface area (Å²) in [5, 5.41) is 9.03. The fourth-order valence-corrected chi connectivity index (χ4v) is 2.56. The summed E-state index contributed by atoms with van der Waals surface area (Å²) in [6.45, 7) is 1.74. The van der Waals surface area contributed by atoms with Crippen molar-refractivity contribution in [2.45, 2.75) is 13.5 Å². The first-order valence-corrected chi connectivity index (χ1v) is 7.54. The van der Waals surface area contributed by atoms with Crippen LogP contribution in [0.4, 0.5) is 0 Å². The third-order valence-corrected chi connectivity index (χ3v) is 4.03. The Morgan fingerprint density at radius 1 is 1.30 bits per heavy atom. The Hall–Kier alpha value is -2.28. The van der Waals surface area contributed by atoms with E-state index in [1.165, 1.54) is 18.1 Å². The summed E-state index contributed by atoms with van der Waals surface area (Å²) in [6, 6.07) is 6.55. The number of nitrogens with zero attached hydrogens (tertiary/aromatic N) is 1. The Bertz CT molecular complexity index is 753. The van der Waals surface area contributed by atoms with Gasteiger partial charge in [0.1, 0.15) is 22.8 Å². The van der Waals surface area contributed by atoms with Crippen molar-refractivity contribution in [1.29, 1.82) is 0 Å². The number of aromatic carboxylic acids is 1. The first-order chi connectivity index (χ1) is 10.8. The van der Waals surface area contributed by atoms with Crippen LogP contribution in [0, 0.1) is 6.92 Å². The van der Waals surface area contributed by atoms with Gasteiger partial charge in [-0.25, -0.2) is 4.79 Å². The topological polar surface area (TPSA) is 80.0 Å². The zero-order valence-corrected chi connectivity index (χ0v) is 14.5. The number of methoxy groups -OCH3 is 1. The van der Waals surface area contributed by atoms with Crippen LogP contribution in [-0.2, 0) is 6.54 Å². The van der Waals surface area contributed by atoms with E-state index in [2.05, 4.69) is 15.9 Å². The van der Waals surface area contributed by atoms with Crippen LogP contribution in [0.2, 0.25) is 0 Å². The molecule has 0 atom stereocenters. The molecule has 7 heteroatoms. The smallest absolute Gasteiger partial charge is 0.339 e. The number of hydrogen-bond donors (Lipinski definition) is 1. The molecule has 1 heterocycles. The molecule has 1 N–H and O–H groups in total. The minimum atomic E-state index is -1.05. The number of benzene rings is 1. The van der Waals surface area contributed by atoms with Crippen molar-refractivity contribution >= 4 is 27.8 Å². The second kappa shape index (κ2) is 6.87. The monoisotopic (exact) mass is 381 g/mol. The van der Waals surface area contributed by atoms with Crippen LogP contribution < -0.4 is 4.74 Å². The number of rotatable bonds is 5. The van der Waals surface area contributed by atoms with Crippen LogP contribution >= 0.6 is 15.9 Å². The lowest BCUT2D eigenvalue weighted by Crippen LogP contribution is -2.26. The standard InChI is InChI=1S/C16H16BrNO5/c1-9-12(16(20)21)7-11(23-9)8-18(2)15(19)13-6-10(22-3)4-5-14(13)17/h4-7H,8H2,1-3H3,(H,20,21). The highest BCUT2D eigenvalue weighted by Gasteiger charge is 2.19. The van der Waals surface area contributed by atoms with E-state index in [4.69, 9.17) is 14.3 Å². The molecule has 1 aromatic heterocycles. The highest BCUT2D eigenvalue weighted by Crippen LogP contribution is 2.24. The molecule has 0 aliphatic heterocycles. The third-order valence-electron chi connectivity index (χ3n) is 3.34. The minimum absolute atomic E-state index is 0.100. The van der Waals surface area contributed by atoms with E-state index in [1.807, 2.05) is 0 Å². The average Bonchev–Trinajstić information content (AvgIpc) is 2.87. The van der Waals surface area contributed by atoms with Gasteiger partial charge in [0.25, 0.3) is 5.91 Å². The zero-order chi connectivity index (χ0) is 17.1. The second-order valence-electron chi connectivity index (χ2n) is 4.99. The summed E-state index contributed by atoms with van der Waals surface area (Å²) in [6.07, 6.45) is 0. The Morgan fingerprint density at radius 3 is 2.57 bits per heavy atom. The first-order valence-electron chi connectivity index (χ1n) is 6.75. The van der Waals surface area contributed by atoms with E-state index >= 15 is 0 Å². The second-order valence-corrected chi connectivity index (χ2v) is 5.85. The van der Waals surface area contributed by atoms with Crippen LogP contribution in [0.5, 0.6) is 5.75 Å². The van der Waals surface area contributed by atoms with Gasteiger partial charge < -0.3 is 19.2 Å². The summed E-state index contributed by atoms with van der Waals surface area (Å²) < 4.78 is 11.2. The molecule has 2 rings (SSSR count). The quantitative estimate of drug-likeness (QED) is 0.858. The van der Waals surface area contributed by atoms with Crippen molar-refractivity contribution in [3.05, 3.63) is 51.4 Å². The fourth-order valence-electron chi connectivity index (χ4n) is 2.14. The number of carboxylic acids is 1. The molecule has 0 saturated carbocycles. The van der Waals surface area contributed by atoms with E-state index in [1.54, 1.807) is 32.2 Å². The highest BCUT2D eigenvalue weighted by atomic mass is 79.9. The van der Waals surface area contributed by atoms with Crippen LogP contribution in [0.1, 0.15) is 32.2 Å². The van der Waals surface area contributed by atoms with Crippen molar-refractivity contribution in [3.63, 3.8) is 0 Å². The molecule has 2 aromatic rings. The number of carboxylic acid groups (broad SMARTS) is 1. The van der Waals surface area contributed by atoms with Crippen LogP contribution in [0.3, 0.4) is 0 Å². The number of halogens is 1. The molecule has 0 fully saturated rings. The predicted octanol–water partition coefficient (Wildman–Crippen LogP) is 3.33. The van der Waals surface area contributed by atoms with Gasteiger partial charge in [-0.1, -0.05) is 0 Å². The maximum Gasteiger partial charge on any atom is 0.339 e. The maximum atomic E-state index is 12.5. The molecular formula is C16H16BrNO5. The molecule has 0 aliphatic rings. The average molecular weight is 382 g/mol. The van der Waals surface area contributed by atoms with E-state index in [0.29, 0.717) is 27.3 Å². The molecule has 0 unspecified atom stereocenters. The van der Waals surface area contributed by atoms with E-state index in [-0.39, 0.29) is 18.0 Å². The molecular weight excluding hydrogens is 366 g/mol. The van der Waals surface area contributed by atoms with Crippen LogP contribution in [-0.4, -0.2) is 36.0 Å². The Morgan fingerprint density at radius 2 is 2.00 bits per heavy atom. The lowest BCUT2D eigenvalue weighted by atomic mass is 10.2. The van der Waals surface area contributed by atoms with Gasteiger partial charge in [0, 0.05) is 11.5 Å². The molecule has 0 bridgehead atoms. The van der Waals surface area contributed by atoms with Gasteiger partial charge in [-0.3, -0.25) is 4.79 Å². The van der Waals surface area contributed by atoms with Gasteiger partial charge in [-0.2, -0.15) is 0 Å². The van der Waals surface area contributed by atoms with Gasteiger partial charge in [0.2, 0.25) is 0 Å². The van der Waals surface area contributed by atoms with Gasteiger partial charge in [-0.05, 0) is 47.1 Å². The summed E-state index contributed by atoms with van der Waals surface area (Å²) in [5.74, 6) is 0.0151. The molecule has 122 valence electrons. The third kappa shape index (κ3) is 3.73. The van der Waals surface area contributed by atoms with E-state index in [0.717, 1.165) is 0 Å². The molecule has 1 amide bonds. The van der Waals surface area contributed by atoms with Gasteiger partial charge >= 0.3 is 5.97 Å². The Balaban J connectivity index is 2.20. The predicted molar refractivity (Wildman–Crippen MR) is 86.9 cm³/mol. The number of carbonyl (C=O) groups is 2. The van der Waals surface area contributed by atoms with Gasteiger partial charge in [0.05, 0.1) is 19.2 Å². The molecule has 0 radical (unpaired) electrons. The van der Waals surface area contributed by atoms with Crippen LogP contribution in [0.25, 0.3) is 0 Å². The number of carbonyl (C=O) groups excluding carboxylic acids is 1. The van der Waals surface area contributed by atoms with Crippen molar-refractivity contribution in [2.75, 3.05) is 14.2 Å². The van der Waals surface area contributed by atoms with Gasteiger partial charge in [0.15, 0.2) is 0 Å².